The molecule has 0 saturated heterocycles. The maximum absolute atomic E-state index is 9.00. The fraction of sp³-hybridized carbons (Fsp3) is 0.625. The second-order valence-corrected chi connectivity index (χ2v) is 5.24. The van der Waals surface area contributed by atoms with Crippen LogP contribution in [-0.4, -0.2) is 82.3 Å². The normalized spacial score (nSPS) is 14.2. The van der Waals surface area contributed by atoms with Crippen molar-refractivity contribution in [3.05, 3.63) is 24.8 Å². The van der Waals surface area contributed by atoms with Gasteiger partial charge in [-0.2, -0.15) is 0 Å². The van der Waals surface area contributed by atoms with Gasteiger partial charge in [0.05, 0.1) is 13.3 Å². The van der Waals surface area contributed by atoms with Gasteiger partial charge in [-0.15, -0.1) is 0 Å². The molecule has 2 N–H and O–H groups in total. The first-order chi connectivity index (χ1) is 11.1. The van der Waals surface area contributed by atoms with E-state index in [1.807, 2.05) is 0 Å². The third kappa shape index (κ3) is 17.7. The van der Waals surface area contributed by atoms with Crippen molar-refractivity contribution < 1.29 is 19.8 Å². The molecule has 2 aliphatic rings. The SMILES string of the molecule is CC(=O)O.CC(=O)O.CCN1C=CN(C)C1.CCN1C=CN(C)C1. The van der Waals surface area contributed by atoms with Crippen LogP contribution in [0.2, 0.25) is 0 Å². The molecule has 0 aromatic heterocycles. The lowest BCUT2D eigenvalue weighted by atomic mass is 10.6. The quantitative estimate of drug-likeness (QED) is 0.780. The van der Waals surface area contributed by atoms with Crippen LogP contribution in [0.25, 0.3) is 0 Å². The van der Waals surface area contributed by atoms with E-state index < -0.39 is 11.9 Å². The minimum absolute atomic E-state index is 0.833. The van der Waals surface area contributed by atoms with Crippen molar-refractivity contribution in [2.24, 2.45) is 0 Å². The van der Waals surface area contributed by atoms with E-state index in [0.29, 0.717) is 0 Å². The lowest BCUT2D eigenvalue weighted by molar-refractivity contribution is -0.135. The summed E-state index contributed by atoms with van der Waals surface area (Å²) in [6.45, 7) is 10.8. The standard InChI is InChI=1S/2C6H12N2.2C2H4O2/c2*1-3-8-5-4-7(2)6-8;2*1-2(3)4/h2*4-5H,3,6H2,1-2H3;2*1H3,(H,3,4). The van der Waals surface area contributed by atoms with E-state index in [0.717, 1.165) is 40.3 Å². The summed E-state index contributed by atoms with van der Waals surface area (Å²) in [4.78, 5) is 26.8. The van der Waals surface area contributed by atoms with Crippen LogP contribution in [0.1, 0.15) is 27.7 Å². The Balaban J connectivity index is 0. The molecule has 2 heterocycles. The molecule has 0 bridgehead atoms. The fourth-order valence-corrected chi connectivity index (χ4v) is 1.59. The minimum Gasteiger partial charge on any atom is -0.481 e. The van der Waals surface area contributed by atoms with E-state index in [-0.39, 0.29) is 0 Å². The molecular weight excluding hydrogens is 312 g/mol. The zero-order valence-electron chi connectivity index (χ0n) is 15.6. The summed E-state index contributed by atoms with van der Waals surface area (Å²) in [7, 11) is 4.15. The zero-order valence-corrected chi connectivity index (χ0v) is 15.6. The summed E-state index contributed by atoms with van der Waals surface area (Å²) in [6.07, 6.45) is 8.40. The van der Waals surface area contributed by atoms with Gasteiger partial charge in [-0.25, -0.2) is 0 Å². The second kappa shape index (κ2) is 14.2. The van der Waals surface area contributed by atoms with Crippen LogP contribution in [0.3, 0.4) is 0 Å². The van der Waals surface area contributed by atoms with Crippen LogP contribution in [0.5, 0.6) is 0 Å². The molecular formula is C16H32N4O4. The highest BCUT2D eigenvalue weighted by atomic mass is 16.4. The Labute approximate surface area is 145 Å². The van der Waals surface area contributed by atoms with Crippen LogP contribution >= 0.6 is 0 Å². The van der Waals surface area contributed by atoms with Crippen LogP contribution in [0.4, 0.5) is 0 Å². The number of carbonyl (C=O) groups is 2. The van der Waals surface area contributed by atoms with Gasteiger partial charge in [0.25, 0.3) is 11.9 Å². The fourth-order valence-electron chi connectivity index (χ4n) is 1.59. The highest BCUT2D eigenvalue weighted by Crippen LogP contribution is 2.01. The Kier molecular flexibility index (Phi) is 14.2. The molecule has 24 heavy (non-hydrogen) atoms. The monoisotopic (exact) mass is 344 g/mol. The van der Waals surface area contributed by atoms with Crippen molar-refractivity contribution in [3.63, 3.8) is 0 Å². The average Bonchev–Trinajstić information content (AvgIpc) is 3.06. The molecule has 0 unspecified atom stereocenters. The third-order valence-electron chi connectivity index (χ3n) is 2.69. The zero-order chi connectivity index (χ0) is 19.1. The van der Waals surface area contributed by atoms with Gasteiger partial charge in [0.2, 0.25) is 0 Å². The lowest BCUT2D eigenvalue weighted by Gasteiger charge is -2.14. The van der Waals surface area contributed by atoms with Gasteiger partial charge in [0.1, 0.15) is 0 Å². The number of rotatable bonds is 2. The van der Waals surface area contributed by atoms with Crippen molar-refractivity contribution in [2.45, 2.75) is 27.7 Å². The Hall–Kier alpha value is -2.38. The van der Waals surface area contributed by atoms with Crippen molar-refractivity contribution in [1.29, 1.82) is 0 Å². The van der Waals surface area contributed by atoms with E-state index in [1.54, 1.807) is 0 Å². The molecule has 0 fully saturated rings. The molecule has 8 heteroatoms. The molecule has 0 radical (unpaired) electrons. The largest absolute Gasteiger partial charge is 0.481 e. The molecule has 2 aliphatic heterocycles. The molecule has 0 aliphatic carbocycles. The predicted octanol–water partition coefficient (Wildman–Crippen LogP) is 1.55. The van der Waals surface area contributed by atoms with Crippen LogP contribution in [0.15, 0.2) is 24.8 Å². The van der Waals surface area contributed by atoms with Gasteiger partial charge in [-0.3, -0.25) is 9.59 Å². The summed E-state index contributed by atoms with van der Waals surface area (Å²) in [5, 5.41) is 14.8. The van der Waals surface area contributed by atoms with Crippen molar-refractivity contribution >= 4 is 11.9 Å². The minimum atomic E-state index is -0.833. The first-order valence-corrected chi connectivity index (χ1v) is 7.76. The summed E-state index contributed by atoms with van der Waals surface area (Å²) < 4.78 is 0. The Bertz CT molecular complexity index is 367. The first kappa shape index (κ1) is 23.9. The van der Waals surface area contributed by atoms with Crippen LogP contribution in [-0.2, 0) is 9.59 Å². The highest BCUT2D eigenvalue weighted by Gasteiger charge is 2.04. The summed E-state index contributed by atoms with van der Waals surface area (Å²) in [5.74, 6) is -1.67. The van der Waals surface area contributed by atoms with E-state index in [4.69, 9.17) is 19.8 Å². The van der Waals surface area contributed by atoms with Crippen molar-refractivity contribution in [2.75, 3.05) is 40.5 Å². The number of hydrogen-bond donors (Lipinski definition) is 2. The lowest BCUT2D eigenvalue weighted by Crippen LogP contribution is -2.21. The number of carboxylic acid groups (broad SMARTS) is 2. The highest BCUT2D eigenvalue weighted by molar-refractivity contribution is 5.63. The first-order valence-electron chi connectivity index (χ1n) is 7.76. The van der Waals surface area contributed by atoms with Crippen LogP contribution < -0.4 is 0 Å². The van der Waals surface area contributed by atoms with Gasteiger partial charge in [0, 0.05) is 65.8 Å². The smallest absolute Gasteiger partial charge is 0.300 e. The van der Waals surface area contributed by atoms with Gasteiger partial charge < -0.3 is 29.8 Å². The van der Waals surface area contributed by atoms with E-state index >= 15 is 0 Å². The van der Waals surface area contributed by atoms with Crippen molar-refractivity contribution in [3.8, 4) is 0 Å². The Morgan fingerprint density at radius 1 is 0.792 bits per heavy atom. The van der Waals surface area contributed by atoms with Gasteiger partial charge in [-0.1, -0.05) is 0 Å². The predicted molar refractivity (Wildman–Crippen MR) is 94.9 cm³/mol. The molecule has 0 amide bonds. The molecule has 0 saturated carbocycles. The summed E-state index contributed by atoms with van der Waals surface area (Å²) in [5.41, 5.74) is 0. The maximum atomic E-state index is 9.00. The molecule has 2 rings (SSSR count). The van der Waals surface area contributed by atoms with Gasteiger partial charge >= 0.3 is 0 Å². The van der Waals surface area contributed by atoms with E-state index in [1.165, 1.54) is 0 Å². The number of carboxylic acids is 2. The average molecular weight is 344 g/mol. The number of aliphatic carboxylic acids is 2. The molecule has 8 nitrogen and oxygen atoms in total. The maximum Gasteiger partial charge on any atom is 0.300 e. The number of hydrogen-bond acceptors (Lipinski definition) is 6. The van der Waals surface area contributed by atoms with Gasteiger partial charge in [-0.05, 0) is 13.8 Å². The third-order valence-corrected chi connectivity index (χ3v) is 2.69. The molecule has 0 spiro atoms. The summed E-state index contributed by atoms with van der Waals surface area (Å²) in [6, 6.07) is 0. The Morgan fingerprint density at radius 2 is 1.04 bits per heavy atom. The second-order valence-electron chi connectivity index (χ2n) is 5.24. The molecule has 0 atom stereocenters. The van der Waals surface area contributed by atoms with Gasteiger partial charge in [0.15, 0.2) is 0 Å². The van der Waals surface area contributed by atoms with Crippen molar-refractivity contribution in [1.82, 2.24) is 19.6 Å². The molecule has 140 valence electrons. The van der Waals surface area contributed by atoms with E-state index in [9.17, 15) is 0 Å². The topological polar surface area (TPSA) is 87.6 Å². The molecule has 0 aromatic rings. The Morgan fingerprint density at radius 3 is 1.12 bits per heavy atom. The van der Waals surface area contributed by atoms with E-state index in [2.05, 4.69) is 72.3 Å². The van der Waals surface area contributed by atoms with Crippen LogP contribution in [0, 0.1) is 0 Å². The molecule has 0 aromatic carbocycles. The summed E-state index contributed by atoms with van der Waals surface area (Å²) >= 11 is 0. The number of nitrogens with zero attached hydrogens (tertiary/aromatic N) is 4.